The van der Waals surface area contributed by atoms with Crippen molar-refractivity contribution in [1.29, 1.82) is 0 Å². The van der Waals surface area contributed by atoms with Gasteiger partial charge in [0.05, 0.1) is 32.1 Å². The van der Waals surface area contributed by atoms with Gasteiger partial charge in [0.15, 0.2) is 0 Å². The topological polar surface area (TPSA) is 115 Å². The summed E-state index contributed by atoms with van der Waals surface area (Å²) in [5.41, 5.74) is 0. The number of hydrogen-bond acceptors (Lipinski definition) is 4. The first-order valence-electron chi connectivity index (χ1n) is 16.8. The molecule has 0 saturated heterocycles. The van der Waals surface area contributed by atoms with Crippen LogP contribution < -0.4 is 5.11 Å². The fourth-order valence-corrected chi connectivity index (χ4v) is 5.91. The number of carboxylic acid groups (broad SMARTS) is 3. The Morgan fingerprint density at radius 3 is 1.32 bits per heavy atom. The minimum absolute atomic E-state index is 0.218. The molecule has 0 radical (unpaired) electrons. The first-order valence-corrected chi connectivity index (χ1v) is 16.8. The van der Waals surface area contributed by atoms with Crippen LogP contribution in [0.2, 0.25) is 0 Å². The molecule has 0 spiro atoms. The molecular weight excluding hydrogens is 518 g/mol. The van der Waals surface area contributed by atoms with E-state index in [-0.39, 0.29) is 24.1 Å². The van der Waals surface area contributed by atoms with E-state index in [0.717, 1.165) is 25.7 Å². The van der Waals surface area contributed by atoms with E-state index in [1.807, 2.05) is 13.8 Å². The van der Waals surface area contributed by atoms with Crippen LogP contribution in [0.25, 0.3) is 0 Å². The van der Waals surface area contributed by atoms with Crippen molar-refractivity contribution >= 4 is 17.9 Å². The van der Waals surface area contributed by atoms with Gasteiger partial charge in [-0.3, -0.25) is 9.59 Å². The highest BCUT2D eigenvalue weighted by Gasteiger charge is 2.39. The van der Waals surface area contributed by atoms with E-state index in [1.54, 1.807) is 6.92 Å². The Labute approximate surface area is 251 Å². The van der Waals surface area contributed by atoms with Crippen LogP contribution in [-0.4, -0.2) is 58.8 Å². The molecule has 0 amide bonds. The van der Waals surface area contributed by atoms with Gasteiger partial charge >= 0.3 is 11.9 Å². The summed E-state index contributed by atoms with van der Waals surface area (Å²) < 4.78 is 0.218. The normalized spacial score (nSPS) is 15.4. The summed E-state index contributed by atoms with van der Waals surface area (Å²) in [6.45, 7) is 9.02. The van der Waals surface area contributed by atoms with Gasteiger partial charge in [-0.1, -0.05) is 97.6 Å². The van der Waals surface area contributed by atoms with Crippen LogP contribution in [0.5, 0.6) is 0 Å². The third-order valence-corrected chi connectivity index (χ3v) is 8.73. The second-order valence-corrected chi connectivity index (χ2v) is 12.2. The lowest BCUT2D eigenvalue weighted by Gasteiger charge is -2.44. The minimum atomic E-state index is -1.14. The number of nitrogens with zero attached hydrogens (tertiary/aromatic N) is 1. The lowest BCUT2D eigenvalue weighted by atomic mass is 9.95. The van der Waals surface area contributed by atoms with Gasteiger partial charge in [0.1, 0.15) is 11.8 Å². The molecule has 0 aromatic rings. The quantitative estimate of drug-likeness (QED) is 0.0547. The molecule has 0 rings (SSSR count). The minimum Gasteiger partial charge on any atom is -0.550 e. The summed E-state index contributed by atoms with van der Waals surface area (Å²) in [5.74, 6) is -4.95. The van der Waals surface area contributed by atoms with E-state index in [1.165, 1.54) is 70.6 Å². The summed E-state index contributed by atoms with van der Waals surface area (Å²) in [6, 6.07) is 0. The van der Waals surface area contributed by atoms with Crippen molar-refractivity contribution in [3.05, 3.63) is 12.2 Å². The van der Waals surface area contributed by atoms with Crippen LogP contribution in [0, 0.1) is 17.8 Å². The molecule has 41 heavy (non-hydrogen) atoms. The molecule has 0 aromatic carbocycles. The van der Waals surface area contributed by atoms with Gasteiger partial charge in [0, 0.05) is 5.92 Å². The highest BCUT2D eigenvalue weighted by molar-refractivity contribution is 5.70. The van der Waals surface area contributed by atoms with Crippen LogP contribution in [0.1, 0.15) is 143 Å². The molecular formula is C34H63NO6. The number of hydrogen-bond donors (Lipinski definition) is 2. The fraction of sp³-hybridized carbons (Fsp3) is 0.853. The van der Waals surface area contributed by atoms with E-state index in [0.29, 0.717) is 25.8 Å². The van der Waals surface area contributed by atoms with Crippen molar-refractivity contribution < 1.29 is 34.2 Å². The monoisotopic (exact) mass is 581 g/mol. The van der Waals surface area contributed by atoms with E-state index >= 15 is 0 Å². The van der Waals surface area contributed by atoms with Crippen LogP contribution in [0.3, 0.4) is 0 Å². The molecule has 0 bridgehead atoms. The first kappa shape index (κ1) is 39.1. The molecule has 0 fully saturated rings. The average molecular weight is 582 g/mol. The summed E-state index contributed by atoms with van der Waals surface area (Å²) >= 11 is 0. The summed E-state index contributed by atoms with van der Waals surface area (Å²) in [7, 11) is 0. The van der Waals surface area contributed by atoms with Crippen molar-refractivity contribution in [2.45, 2.75) is 143 Å². The molecule has 0 aliphatic carbocycles. The summed E-state index contributed by atoms with van der Waals surface area (Å²) in [4.78, 5) is 35.8. The molecule has 7 nitrogen and oxygen atoms in total. The summed E-state index contributed by atoms with van der Waals surface area (Å²) in [5, 5.41) is 31.5. The Hall–Kier alpha value is -1.89. The molecule has 0 aromatic heterocycles. The standard InChI is InChI=1S/C34H63NO6/c1-5-9-10-11-12-13-14-15-16-17-18-19-20-21-22-23-24-25-35(26-29(6-2)32(36)37,27-30(7-3)33(38)39)28-31(8-4)34(40)41/h12-13,29-31H,5-11,14-28H2,1-4H3,(H2-,36,37,38,39,40,41)/b13-12+. The highest BCUT2D eigenvalue weighted by atomic mass is 16.4. The highest BCUT2D eigenvalue weighted by Crippen LogP contribution is 2.25. The van der Waals surface area contributed by atoms with E-state index < -0.39 is 35.7 Å². The lowest BCUT2D eigenvalue weighted by molar-refractivity contribution is -0.935. The van der Waals surface area contributed by atoms with Gasteiger partial charge in [-0.05, 0) is 57.8 Å². The third kappa shape index (κ3) is 19.0. The van der Waals surface area contributed by atoms with Crippen molar-refractivity contribution in [2.24, 2.45) is 17.8 Å². The lowest BCUT2D eigenvalue weighted by Crippen LogP contribution is -2.59. The largest absolute Gasteiger partial charge is 0.550 e. The fourth-order valence-electron chi connectivity index (χ4n) is 5.91. The van der Waals surface area contributed by atoms with Gasteiger partial charge < -0.3 is 24.6 Å². The van der Waals surface area contributed by atoms with Crippen LogP contribution in [-0.2, 0) is 14.4 Å². The number of unbranched alkanes of at least 4 members (excludes halogenated alkanes) is 13. The predicted octanol–water partition coefficient (Wildman–Crippen LogP) is 7.23. The molecule has 0 saturated carbocycles. The Morgan fingerprint density at radius 1 is 0.585 bits per heavy atom. The number of carboxylic acids is 3. The zero-order valence-corrected chi connectivity index (χ0v) is 26.9. The van der Waals surface area contributed by atoms with Crippen LogP contribution >= 0.6 is 0 Å². The number of aliphatic carboxylic acids is 3. The SMILES string of the molecule is CCCCC/C=C/CCCCCCCCCCCC[N+](CC(CC)C(=O)[O-])(CC(CC)C(=O)O)CC(CC)C(=O)O. The smallest absolute Gasteiger partial charge is 0.312 e. The van der Waals surface area contributed by atoms with E-state index in [4.69, 9.17) is 0 Å². The van der Waals surface area contributed by atoms with Crippen LogP contribution in [0.15, 0.2) is 12.2 Å². The Balaban J connectivity index is 4.78. The predicted molar refractivity (Wildman–Crippen MR) is 165 cm³/mol. The molecule has 0 aliphatic heterocycles. The van der Waals surface area contributed by atoms with Gasteiger partial charge in [-0.15, -0.1) is 0 Å². The zero-order valence-electron chi connectivity index (χ0n) is 26.9. The number of carbonyl (C=O) groups excluding carboxylic acids is 1. The van der Waals surface area contributed by atoms with Crippen molar-refractivity contribution in [3.63, 3.8) is 0 Å². The number of rotatable bonds is 29. The number of allylic oxidation sites excluding steroid dienone is 2. The zero-order chi connectivity index (χ0) is 30.9. The van der Waals surface area contributed by atoms with E-state index in [9.17, 15) is 29.7 Å². The second kappa shape index (κ2) is 24.7. The van der Waals surface area contributed by atoms with Crippen molar-refractivity contribution in [3.8, 4) is 0 Å². The molecule has 0 heterocycles. The Bertz CT molecular complexity index is 662. The van der Waals surface area contributed by atoms with Gasteiger partial charge in [-0.25, -0.2) is 0 Å². The number of carbonyl (C=O) groups is 3. The molecule has 3 atom stereocenters. The maximum absolute atomic E-state index is 12.0. The van der Waals surface area contributed by atoms with Crippen molar-refractivity contribution in [1.82, 2.24) is 0 Å². The summed E-state index contributed by atoms with van der Waals surface area (Å²) in [6.07, 6.45) is 24.0. The van der Waals surface area contributed by atoms with Crippen LogP contribution in [0.4, 0.5) is 0 Å². The van der Waals surface area contributed by atoms with Gasteiger partial charge in [0.25, 0.3) is 0 Å². The maximum atomic E-state index is 12.0. The molecule has 0 aliphatic rings. The number of quaternary nitrogens is 1. The molecule has 2 N–H and O–H groups in total. The molecule has 7 heteroatoms. The van der Waals surface area contributed by atoms with Gasteiger partial charge in [0.2, 0.25) is 0 Å². The average Bonchev–Trinajstić information content (AvgIpc) is 2.94. The molecule has 3 unspecified atom stereocenters. The van der Waals surface area contributed by atoms with Gasteiger partial charge in [-0.2, -0.15) is 0 Å². The first-order chi connectivity index (χ1) is 19.7. The Kier molecular flexibility index (Phi) is 23.5. The second-order valence-electron chi connectivity index (χ2n) is 12.2. The van der Waals surface area contributed by atoms with E-state index in [2.05, 4.69) is 19.1 Å². The third-order valence-electron chi connectivity index (χ3n) is 8.73. The maximum Gasteiger partial charge on any atom is 0.312 e. The Morgan fingerprint density at radius 2 is 0.951 bits per heavy atom. The van der Waals surface area contributed by atoms with Crippen molar-refractivity contribution in [2.75, 3.05) is 26.2 Å². The molecule has 240 valence electrons.